The number of imidazole rings is 1. The Morgan fingerprint density at radius 3 is 2.95 bits per heavy atom. The van der Waals surface area contributed by atoms with E-state index < -0.39 is 6.04 Å². The second-order valence-corrected chi connectivity index (χ2v) is 4.86. The maximum Gasteiger partial charge on any atom is 0.237 e. The van der Waals surface area contributed by atoms with E-state index >= 15 is 0 Å². The van der Waals surface area contributed by atoms with Gasteiger partial charge in [0.15, 0.2) is 0 Å². The molecule has 2 unspecified atom stereocenters. The van der Waals surface area contributed by atoms with E-state index in [9.17, 15) is 4.79 Å². The van der Waals surface area contributed by atoms with Gasteiger partial charge in [0.2, 0.25) is 5.91 Å². The number of nitrogens with one attached hydrogen (secondary N) is 1. The van der Waals surface area contributed by atoms with Gasteiger partial charge in [0.25, 0.3) is 0 Å². The fraction of sp³-hybridized carbons (Fsp3) is 0.429. The number of pyridine rings is 1. The first kappa shape index (κ1) is 16.5. The lowest BCUT2D eigenvalue weighted by Gasteiger charge is -2.17. The average molecular weight is 297 g/mol. The summed E-state index contributed by atoms with van der Waals surface area (Å²) in [5, 5.41) is 2.87. The molecule has 0 aliphatic rings. The molecule has 6 heteroatoms. The molecule has 0 saturated heterocycles. The topological polar surface area (TPSA) is 72.4 Å². The summed E-state index contributed by atoms with van der Waals surface area (Å²) in [5.41, 5.74) is 7.77. The van der Waals surface area contributed by atoms with Crippen LogP contribution >= 0.6 is 12.4 Å². The van der Waals surface area contributed by atoms with E-state index in [2.05, 4.69) is 10.3 Å². The van der Waals surface area contributed by atoms with E-state index in [4.69, 9.17) is 5.73 Å². The Morgan fingerprint density at radius 1 is 1.50 bits per heavy atom. The molecule has 0 aromatic carbocycles. The van der Waals surface area contributed by atoms with Gasteiger partial charge in [-0.05, 0) is 23.6 Å². The van der Waals surface area contributed by atoms with Crippen molar-refractivity contribution < 1.29 is 4.79 Å². The van der Waals surface area contributed by atoms with Crippen molar-refractivity contribution >= 4 is 24.0 Å². The van der Waals surface area contributed by atoms with Crippen LogP contribution in [0.3, 0.4) is 0 Å². The van der Waals surface area contributed by atoms with Crippen LogP contribution in [-0.4, -0.2) is 21.3 Å². The number of hydrogen-bond acceptors (Lipinski definition) is 3. The summed E-state index contributed by atoms with van der Waals surface area (Å²) in [7, 11) is 0. The number of nitrogens with two attached hydrogens (primary N) is 1. The molecule has 2 atom stereocenters. The van der Waals surface area contributed by atoms with Crippen LogP contribution in [0.5, 0.6) is 0 Å². The lowest BCUT2D eigenvalue weighted by atomic mass is 9.99. The second-order valence-electron chi connectivity index (χ2n) is 4.86. The number of carbonyl (C=O) groups excluding carboxylic acids is 1. The van der Waals surface area contributed by atoms with E-state index in [1.807, 2.05) is 42.8 Å². The standard InChI is InChI=1S/C14H20N4O.ClH/c1-3-10(2)13(15)14(19)17-9-11-4-6-18-7-5-16-12(18)8-11;/h4-8,10,13H,3,9,15H2,1-2H3,(H,17,19);1H. The van der Waals surface area contributed by atoms with Gasteiger partial charge in [0.05, 0.1) is 6.04 Å². The zero-order chi connectivity index (χ0) is 13.8. The first-order valence-corrected chi connectivity index (χ1v) is 6.56. The summed E-state index contributed by atoms with van der Waals surface area (Å²) >= 11 is 0. The van der Waals surface area contributed by atoms with E-state index in [0.717, 1.165) is 17.6 Å². The zero-order valence-corrected chi connectivity index (χ0v) is 12.6. The molecule has 0 spiro atoms. The molecule has 2 heterocycles. The van der Waals surface area contributed by atoms with Gasteiger partial charge in [-0.25, -0.2) is 4.98 Å². The molecule has 0 saturated carbocycles. The van der Waals surface area contributed by atoms with Gasteiger partial charge in [-0.1, -0.05) is 20.3 Å². The first-order valence-electron chi connectivity index (χ1n) is 6.56. The fourth-order valence-electron chi connectivity index (χ4n) is 1.88. The number of hydrogen-bond donors (Lipinski definition) is 2. The smallest absolute Gasteiger partial charge is 0.237 e. The number of carbonyl (C=O) groups is 1. The van der Waals surface area contributed by atoms with Crippen molar-refractivity contribution in [1.29, 1.82) is 0 Å². The molecule has 0 bridgehead atoms. The summed E-state index contributed by atoms with van der Waals surface area (Å²) in [6.07, 6.45) is 6.46. The summed E-state index contributed by atoms with van der Waals surface area (Å²) in [6, 6.07) is 3.47. The molecule has 2 aromatic heterocycles. The number of nitrogens with zero attached hydrogens (tertiary/aromatic N) is 2. The SMILES string of the molecule is CCC(C)C(N)C(=O)NCc1ccn2ccnc2c1.Cl. The lowest BCUT2D eigenvalue weighted by Crippen LogP contribution is -2.44. The van der Waals surface area contributed by atoms with Crippen molar-refractivity contribution in [2.24, 2.45) is 11.7 Å². The molecule has 2 aromatic rings. The molecular formula is C14H21ClN4O. The van der Waals surface area contributed by atoms with Crippen LogP contribution in [0, 0.1) is 5.92 Å². The Kier molecular flexibility index (Phi) is 5.98. The first-order chi connectivity index (χ1) is 9.11. The third-order valence-corrected chi connectivity index (χ3v) is 3.49. The van der Waals surface area contributed by atoms with Crippen molar-refractivity contribution in [3.8, 4) is 0 Å². The van der Waals surface area contributed by atoms with Gasteiger partial charge in [-0.2, -0.15) is 0 Å². The van der Waals surface area contributed by atoms with Crippen LogP contribution in [0.2, 0.25) is 0 Å². The third kappa shape index (κ3) is 3.71. The monoisotopic (exact) mass is 296 g/mol. The van der Waals surface area contributed by atoms with Gasteiger partial charge < -0.3 is 15.5 Å². The highest BCUT2D eigenvalue weighted by Crippen LogP contribution is 2.07. The third-order valence-electron chi connectivity index (χ3n) is 3.49. The van der Waals surface area contributed by atoms with Crippen molar-refractivity contribution in [2.75, 3.05) is 0 Å². The molecule has 2 rings (SSSR count). The second kappa shape index (κ2) is 7.26. The Bertz CT molecular complexity index is 569. The van der Waals surface area contributed by atoms with Crippen LogP contribution < -0.4 is 11.1 Å². The number of rotatable bonds is 5. The van der Waals surface area contributed by atoms with Crippen LogP contribution in [0.25, 0.3) is 5.65 Å². The Labute approximate surface area is 125 Å². The summed E-state index contributed by atoms with van der Waals surface area (Å²) < 4.78 is 1.93. The lowest BCUT2D eigenvalue weighted by molar-refractivity contribution is -0.123. The van der Waals surface area contributed by atoms with E-state index in [1.165, 1.54) is 0 Å². The quantitative estimate of drug-likeness (QED) is 0.883. The highest BCUT2D eigenvalue weighted by Gasteiger charge is 2.18. The molecule has 20 heavy (non-hydrogen) atoms. The number of halogens is 1. The molecule has 3 N–H and O–H groups in total. The van der Waals surface area contributed by atoms with Crippen LogP contribution in [0.15, 0.2) is 30.7 Å². The maximum absolute atomic E-state index is 11.9. The van der Waals surface area contributed by atoms with Gasteiger partial charge >= 0.3 is 0 Å². The minimum Gasteiger partial charge on any atom is -0.351 e. The molecule has 0 aliphatic carbocycles. The number of amides is 1. The fourth-order valence-corrected chi connectivity index (χ4v) is 1.88. The number of aromatic nitrogens is 2. The Morgan fingerprint density at radius 2 is 2.25 bits per heavy atom. The highest BCUT2D eigenvalue weighted by atomic mass is 35.5. The van der Waals surface area contributed by atoms with Gasteiger partial charge in [0.1, 0.15) is 5.65 Å². The van der Waals surface area contributed by atoms with Gasteiger partial charge in [0, 0.05) is 25.1 Å². The van der Waals surface area contributed by atoms with Crippen molar-refractivity contribution in [1.82, 2.24) is 14.7 Å². The largest absolute Gasteiger partial charge is 0.351 e. The predicted molar refractivity (Wildman–Crippen MR) is 81.7 cm³/mol. The predicted octanol–water partition coefficient (Wildman–Crippen LogP) is 1.75. The number of fused-ring (bicyclic) bond motifs is 1. The molecular weight excluding hydrogens is 276 g/mol. The van der Waals surface area contributed by atoms with Crippen LogP contribution in [0.1, 0.15) is 25.8 Å². The summed E-state index contributed by atoms with van der Waals surface area (Å²) in [4.78, 5) is 16.1. The molecule has 1 amide bonds. The normalized spacial score (nSPS) is 13.6. The minimum atomic E-state index is -0.444. The molecule has 5 nitrogen and oxygen atoms in total. The van der Waals surface area contributed by atoms with Crippen molar-refractivity contribution in [3.05, 3.63) is 36.3 Å². The van der Waals surface area contributed by atoms with E-state index in [1.54, 1.807) is 6.20 Å². The molecule has 0 radical (unpaired) electrons. The van der Waals surface area contributed by atoms with E-state index in [-0.39, 0.29) is 24.2 Å². The minimum absolute atomic E-state index is 0. The zero-order valence-electron chi connectivity index (χ0n) is 11.7. The van der Waals surface area contributed by atoms with Crippen molar-refractivity contribution in [3.63, 3.8) is 0 Å². The van der Waals surface area contributed by atoms with Crippen LogP contribution in [-0.2, 0) is 11.3 Å². The molecule has 0 fully saturated rings. The summed E-state index contributed by atoms with van der Waals surface area (Å²) in [5.74, 6) is 0.0901. The summed E-state index contributed by atoms with van der Waals surface area (Å²) in [6.45, 7) is 4.50. The maximum atomic E-state index is 11.9. The molecule has 0 aliphatic heterocycles. The van der Waals surface area contributed by atoms with Crippen molar-refractivity contribution in [2.45, 2.75) is 32.9 Å². The van der Waals surface area contributed by atoms with Gasteiger partial charge in [-0.3, -0.25) is 4.79 Å². The molecule has 110 valence electrons. The Balaban J connectivity index is 0.00000200. The Hall–Kier alpha value is -1.59. The highest BCUT2D eigenvalue weighted by molar-refractivity contribution is 5.85. The average Bonchev–Trinajstić information content (AvgIpc) is 2.90. The van der Waals surface area contributed by atoms with Crippen LogP contribution in [0.4, 0.5) is 0 Å². The van der Waals surface area contributed by atoms with E-state index in [0.29, 0.717) is 6.54 Å². The van der Waals surface area contributed by atoms with Gasteiger partial charge in [-0.15, -0.1) is 12.4 Å².